The molecule has 0 saturated heterocycles. The van der Waals surface area contributed by atoms with Crippen molar-refractivity contribution < 1.29 is 8.42 Å². The molecule has 0 amide bonds. The predicted molar refractivity (Wildman–Crippen MR) is 80.6 cm³/mol. The van der Waals surface area contributed by atoms with Gasteiger partial charge in [-0.15, -0.1) is 0 Å². The minimum Gasteiger partial charge on any atom is -0.369 e. The summed E-state index contributed by atoms with van der Waals surface area (Å²) in [6.07, 6.45) is 4.63. The normalized spacial score (nSPS) is 17.6. The summed E-state index contributed by atoms with van der Waals surface area (Å²) in [4.78, 5) is 4.15. The molecule has 20 heavy (non-hydrogen) atoms. The molecule has 5 nitrogen and oxygen atoms in total. The third-order valence-corrected chi connectivity index (χ3v) is 5.38. The fourth-order valence-electron chi connectivity index (χ4n) is 2.17. The van der Waals surface area contributed by atoms with Crippen LogP contribution in [-0.4, -0.2) is 26.5 Å². The second-order valence-electron chi connectivity index (χ2n) is 5.52. The van der Waals surface area contributed by atoms with Gasteiger partial charge in [-0.05, 0) is 31.2 Å². The molecule has 0 aliphatic heterocycles. The lowest BCUT2D eigenvalue weighted by atomic mass is 9.71. The van der Waals surface area contributed by atoms with Crippen molar-refractivity contribution >= 4 is 27.4 Å². The number of nitrogens with one attached hydrogen (secondary N) is 2. The molecule has 1 aromatic rings. The number of hydrogen-bond donors (Lipinski definition) is 2. The maximum Gasteiger partial charge on any atom is 0.242 e. The molecule has 1 aliphatic rings. The first-order valence-electron chi connectivity index (χ1n) is 6.75. The molecule has 1 aliphatic carbocycles. The van der Waals surface area contributed by atoms with Gasteiger partial charge in [0.2, 0.25) is 10.0 Å². The quantitative estimate of drug-likeness (QED) is 0.846. The largest absolute Gasteiger partial charge is 0.369 e. The molecule has 1 heterocycles. The minimum absolute atomic E-state index is 0.0913. The zero-order valence-corrected chi connectivity index (χ0v) is 13.3. The Labute approximate surface area is 125 Å². The van der Waals surface area contributed by atoms with Crippen LogP contribution in [0.5, 0.6) is 0 Å². The number of anilines is 1. The topological polar surface area (TPSA) is 71.1 Å². The zero-order valence-electron chi connectivity index (χ0n) is 11.7. The van der Waals surface area contributed by atoms with Crippen molar-refractivity contribution in [3.8, 4) is 0 Å². The van der Waals surface area contributed by atoms with Gasteiger partial charge in [0.15, 0.2) is 0 Å². The van der Waals surface area contributed by atoms with Crippen LogP contribution in [0.2, 0.25) is 5.02 Å². The van der Waals surface area contributed by atoms with Gasteiger partial charge in [0.05, 0.1) is 5.02 Å². The highest BCUT2D eigenvalue weighted by Crippen LogP contribution is 2.39. The van der Waals surface area contributed by atoms with Gasteiger partial charge in [-0.2, -0.15) is 0 Å². The van der Waals surface area contributed by atoms with Gasteiger partial charge in [-0.1, -0.05) is 24.9 Å². The second-order valence-corrected chi connectivity index (χ2v) is 7.69. The first kappa shape index (κ1) is 15.5. The van der Waals surface area contributed by atoms with Gasteiger partial charge in [-0.3, -0.25) is 0 Å². The third kappa shape index (κ3) is 3.42. The highest BCUT2D eigenvalue weighted by molar-refractivity contribution is 7.89. The van der Waals surface area contributed by atoms with E-state index in [1.807, 2.05) is 6.92 Å². The number of hydrogen-bond acceptors (Lipinski definition) is 4. The van der Waals surface area contributed by atoms with Gasteiger partial charge < -0.3 is 5.32 Å². The Morgan fingerprint density at radius 3 is 2.65 bits per heavy atom. The van der Waals surface area contributed by atoms with Crippen LogP contribution in [0.15, 0.2) is 17.2 Å². The summed E-state index contributed by atoms with van der Waals surface area (Å²) in [5.41, 5.74) is 0.0913. The lowest BCUT2D eigenvalue weighted by Crippen LogP contribution is -2.39. The van der Waals surface area contributed by atoms with Gasteiger partial charge in [0.1, 0.15) is 10.7 Å². The highest BCUT2D eigenvalue weighted by atomic mass is 35.5. The lowest BCUT2D eigenvalue weighted by molar-refractivity contribution is 0.166. The Morgan fingerprint density at radius 1 is 1.45 bits per heavy atom. The van der Waals surface area contributed by atoms with Crippen molar-refractivity contribution in [2.75, 3.05) is 18.4 Å². The Balaban J connectivity index is 2.10. The molecule has 0 unspecified atom stereocenters. The summed E-state index contributed by atoms with van der Waals surface area (Å²) in [6, 6.07) is 1.43. The van der Waals surface area contributed by atoms with E-state index in [9.17, 15) is 8.42 Å². The van der Waals surface area contributed by atoms with E-state index in [1.165, 1.54) is 18.7 Å². The van der Waals surface area contributed by atoms with E-state index in [-0.39, 0.29) is 10.3 Å². The van der Waals surface area contributed by atoms with Gasteiger partial charge in [-0.25, -0.2) is 18.1 Å². The summed E-state index contributed by atoms with van der Waals surface area (Å²) in [7, 11) is -3.55. The van der Waals surface area contributed by atoms with Crippen molar-refractivity contribution in [2.24, 2.45) is 5.41 Å². The number of nitrogens with zero attached hydrogens (tertiary/aromatic N) is 1. The van der Waals surface area contributed by atoms with Gasteiger partial charge in [0, 0.05) is 19.3 Å². The van der Waals surface area contributed by atoms with Gasteiger partial charge in [0.25, 0.3) is 0 Å². The van der Waals surface area contributed by atoms with E-state index in [0.717, 1.165) is 12.8 Å². The maximum atomic E-state index is 12.2. The second kappa shape index (κ2) is 5.87. The molecule has 1 saturated carbocycles. The number of aromatic nitrogens is 1. The summed E-state index contributed by atoms with van der Waals surface area (Å²) in [6.45, 7) is 5.15. The van der Waals surface area contributed by atoms with E-state index in [0.29, 0.717) is 23.9 Å². The molecule has 112 valence electrons. The zero-order chi connectivity index (χ0) is 14.8. The van der Waals surface area contributed by atoms with Crippen molar-refractivity contribution in [3.63, 3.8) is 0 Å². The number of rotatable bonds is 6. The van der Waals surface area contributed by atoms with Crippen LogP contribution < -0.4 is 10.0 Å². The molecule has 2 N–H and O–H groups in total. The smallest absolute Gasteiger partial charge is 0.242 e. The van der Waals surface area contributed by atoms with Crippen molar-refractivity contribution in [1.29, 1.82) is 0 Å². The molecule has 0 spiro atoms. The van der Waals surface area contributed by atoms with Crippen molar-refractivity contribution in [2.45, 2.75) is 38.0 Å². The average molecular weight is 318 g/mol. The van der Waals surface area contributed by atoms with Gasteiger partial charge >= 0.3 is 0 Å². The number of sulfonamides is 1. The first-order chi connectivity index (χ1) is 9.36. The third-order valence-electron chi connectivity index (χ3n) is 3.72. The molecule has 0 aromatic carbocycles. The average Bonchev–Trinajstić information content (AvgIpc) is 2.37. The Morgan fingerprint density at radius 2 is 2.15 bits per heavy atom. The monoisotopic (exact) mass is 317 g/mol. The fourth-order valence-corrected chi connectivity index (χ4v) is 3.64. The van der Waals surface area contributed by atoms with E-state index < -0.39 is 10.0 Å². The summed E-state index contributed by atoms with van der Waals surface area (Å²) in [5.74, 6) is 0.499. The molecule has 1 fully saturated rings. The number of pyridine rings is 1. The predicted octanol–water partition coefficient (Wildman–Crippen LogP) is 2.64. The number of halogens is 1. The molecule has 0 radical (unpaired) electrons. The van der Waals surface area contributed by atoms with Crippen LogP contribution >= 0.6 is 11.6 Å². The highest BCUT2D eigenvalue weighted by Gasteiger charge is 2.33. The Bertz CT molecular complexity index is 585. The van der Waals surface area contributed by atoms with Crippen molar-refractivity contribution in [1.82, 2.24) is 9.71 Å². The first-order valence-corrected chi connectivity index (χ1v) is 8.61. The van der Waals surface area contributed by atoms with E-state index in [1.54, 1.807) is 0 Å². The molecule has 1 aromatic heterocycles. The molecular formula is C13H20ClN3O2S. The summed E-state index contributed by atoms with van der Waals surface area (Å²) < 4.78 is 27.1. The Hall–Kier alpha value is -0.850. The van der Waals surface area contributed by atoms with Crippen LogP contribution in [-0.2, 0) is 10.0 Å². The molecule has 0 bridgehead atoms. The van der Waals surface area contributed by atoms with E-state index in [4.69, 9.17) is 11.6 Å². The maximum absolute atomic E-state index is 12.2. The molecule has 0 atom stereocenters. The van der Waals surface area contributed by atoms with Crippen molar-refractivity contribution in [3.05, 3.63) is 17.3 Å². The summed E-state index contributed by atoms with van der Waals surface area (Å²) >= 11 is 6.03. The minimum atomic E-state index is -3.55. The summed E-state index contributed by atoms with van der Waals surface area (Å²) in [5, 5.41) is 3.28. The van der Waals surface area contributed by atoms with Crippen LogP contribution in [0.25, 0.3) is 0 Å². The fraction of sp³-hybridized carbons (Fsp3) is 0.615. The van der Waals surface area contributed by atoms with E-state index >= 15 is 0 Å². The lowest BCUT2D eigenvalue weighted by Gasteiger charge is -2.38. The Kier molecular flexibility index (Phi) is 4.56. The standard InChI is InChI=1S/C13H20ClN3O2S/c1-3-15-12-11(14)7-10(8-16-12)20(18,19)17-9-13(2)5-4-6-13/h7-8,17H,3-6,9H2,1-2H3,(H,15,16). The van der Waals surface area contributed by atoms with E-state index in [2.05, 4.69) is 21.9 Å². The SMILES string of the molecule is CCNc1ncc(S(=O)(=O)NCC2(C)CCC2)cc1Cl. The van der Waals surface area contributed by atoms with Crippen LogP contribution in [0.1, 0.15) is 33.1 Å². The van der Waals surface area contributed by atoms with Crippen LogP contribution in [0.4, 0.5) is 5.82 Å². The molecule has 7 heteroatoms. The molecular weight excluding hydrogens is 298 g/mol. The van der Waals surface area contributed by atoms with Crippen LogP contribution in [0.3, 0.4) is 0 Å². The van der Waals surface area contributed by atoms with Crippen LogP contribution in [0, 0.1) is 5.41 Å². The molecule has 2 rings (SSSR count).